The number of para-hydroxylation sites is 1. The summed E-state index contributed by atoms with van der Waals surface area (Å²) >= 11 is 0. The van der Waals surface area contributed by atoms with Crippen LogP contribution in [0.25, 0.3) is 0 Å². The molecule has 0 aliphatic heterocycles. The van der Waals surface area contributed by atoms with Gasteiger partial charge in [-0.2, -0.15) is 0 Å². The minimum atomic E-state index is -0.216. The molecule has 0 aliphatic carbocycles. The van der Waals surface area contributed by atoms with Crippen molar-refractivity contribution in [1.29, 1.82) is 0 Å². The zero-order valence-electron chi connectivity index (χ0n) is 16.2. The van der Waals surface area contributed by atoms with Gasteiger partial charge < -0.3 is 15.4 Å². The first-order valence-electron chi connectivity index (χ1n) is 9.34. The Morgan fingerprint density at radius 2 is 1.54 bits per heavy atom. The van der Waals surface area contributed by atoms with Crippen molar-refractivity contribution >= 4 is 11.6 Å². The largest absolute Gasteiger partial charge is 0.496 e. The fraction of sp³-hybridized carbons (Fsp3) is 0.273. The van der Waals surface area contributed by atoms with Gasteiger partial charge >= 0.3 is 0 Å². The van der Waals surface area contributed by atoms with Gasteiger partial charge in [-0.15, -0.1) is 0 Å². The van der Waals surface area contributed by atoms with E-state index in [9.17, 15) is 4.39 Å². The summed E-state index contributed by atoms with van der Waals surface area (Å²) in [7, 11) is 1.68. The van der Waals surface area contributed by atoms with Gasteiger partial charge in [0.25, 0.3) is 0 Å². The summed E-state index contributed by atoms with van der Waals surface area (Å²) in [5, 5.41) is 6.66. The van der Waals surface area contributed by atoms with Crippen LogP contribution in [0.15, 0.2) is 54.6 Å². The van der Waals surface area contributed by atoms with Crippen LogP contribution in [0.1, 0.15) is 17.0 Å². The Morgan fingerprint density at radius 1 is 0.893 bits per heavy atom. The Bertz CT molecular complexity index is 899. The molecule has 2 aromatic carbocycles. The van der Waals surface area contributed by atoms with Crippen LogP contribution in [0.3, 0.4) is 0 Å². The van der Waals surface area contributed by atoms with E-state index in [1.54, 1.807) is 19.2 Å². The molecule has 0 aliphatic rings. The highest BCUT2D eigenvalue weighted by Gasteiger charge is 2.04. The van der Waals surface area contributed by atoms with Crippen molar-refractivity contribution in [3.05, 3.63) is 77.4 Å². The lowest BCUT2D eigenvalue weighted by Crippen LogP contribution is -2.11. The van der Waals surface area contributed by atoms with Crippen LogP contribution in [0.5, 0.6) is 5.75 Å². The van der Waals surface area contributed by atoms with Gasteiger partial charge in [0.1, 0.15) is 29.0 Å². The van der Waals surface area contributed by atoms with Gasteiger partial charge in [0, 0.05) is 19.2 Å². The van der Waals surface area contributed by atoms with E-state index < -0.39 is 0 Å². The third-order valence-corrected chi connectivity index (χ3v) is 4.36. The van der Waals surface area contributed by atoms with Crippen molar-refractivity contribution < 1.29 is 9.13 Å². The van der Waals surface area contributed by atoms with E-state index in [4.69, 9.17) is 4.74 Å². The summed E-state index contributed by atoms with van der Waals surface area (Å²) in [6.07, 6.45) is 1.63. The van der Waals surface area contributed by atoms with Crippen LogP contribution in [0, 0.1) is 12.7 Å². The maximum atomic E-state index is 13.0. The predicted molar refractivity (Wildman–Crippen MR) is 111 cm³/mol. The molecule has 0 bridgehead atoms. The topological polar surface area (TPSA) is 59.1 Å². The van der Waals surface area contributed by atoms with Gasteiger partial charge in [-0.25, -0.2) is 14.4 Å². The summed E-state index contributed by atoms with van der Waals surface area (Å²) in [5.74, 6) is 2.94. The Hall–Kier alpha value is -3.15. The summed E-state index contributed by atoms with van der Waals surface area (Å²) < 4.78 is 18.4. The van der Waals surface area contributed by atoms with E-state index in [1.165, 1.54) is 12.1 Å². The maximum Gasteiger partial charge on any atom is 0.131 e. The third kappa shape index (κ3) is 5.67. The summed E-state index contributed by atoms with van der Waals surface area (Å²) in [4.78, 5) is 8.88. The van der Waals surface area contributed by atoms with Gasteiger partial charge in [-0.1, -0.05) is 30.3 Å². The second-order valence-electron chi connectivity index (χ2n) is 6.48. The number of anilines is 2. The van der Waals surface area contributed by atoms with Crippen molar-refractivity contribution in [1.82, 2.24) is 9.97 Å². The Kier molecular flexibility index (Phi) is 6.78. The molecule has 0 radical (unpaired) electrons. The van der Waals surface area contributed by atoms with Gasteiger partial charge in [0.05, 0.1) is 7.11 Å². The minimum absolute atomic E-state index is 0.216. The number of hydrogen-bond acceptors (Lipinski definition) is 5. The Morgan fingerprint density at radius 3 is 2.21 bits per heavy atom. The van der Waals surface area contributed by atoms with E-state index in [0.29, 0.717) is 12.4 Å². The zero-order chi connectivity index (χ0) is 19.8. The average Bonchev–Trinajstić information content (AvgIpc) is 2.69. The number of hydrogen-bond donors (Lipinski definition) is 2. The van der Waals surface area contributed by atoms with Crippen LogP contribution in [0.4, 0.5) is 16.0 Å². The number of halogens is 1. The normalized spacial score (nSPS) is 10.5. The molecule has 1 heterocycles. The van der Waals surface area contributed by atoms with Gasteiger partial charge in [0.15, 0.2) is 0 Å². The molecule has 1 aromatic heterocycles. The van der Waals surface area contributed by atoms with Crippen molar-refractivity contribution in [3.63, 3.8) is 0 Å². The van der Waals surface area contributed by atoms with E-state index in [1.807, 2.05) is 31.2 Å². The predicted octanol–water partition coefficient (Wildman–Crippen LogP) is 4.24. The number of aryl methyl sites for hydroxylation is 1. The van der Waals surface area contributed by atoms with Gasteiger partial charge in [-0.05, 0) is 49.1 Å². The zero-order valence-corrected chi connectivity index (χ0v) is 16.2. The molecule has 5 nitrogen and oxygen atoms in total. The molecule has 0 saturated heterocycles. The lowest BCUT2D eigenvalue weighted by molar-refractivity contribution is 0.410. The van der Waals surface area contributed by atoms with E-state index in [2.05, 4.69) is 26.7 Å². The number of nitrogens with zero attached hydrogens (tertiary/aromatic N) is 2. The van der Waals surface area contributed by atoms with Gasteiger partial charge in [-0.3, -0.25) is 0 Å². The standard InChI is InChI=1S/C22H25FN4O/c1-16-26-21(24-13-11-17-7-9-19(23)10-8-17)15-22(27-16)25-14-12-18-5-3-4-6-20(18)28-2/h3-10,15H,11-14H2,1-2H3,(H2,24,25,26,27). The molecule has 0 spiro atoms. The SMILES string of the molecule is COc1ccccc1CCNc1cc(NCCc2ccc(F)cc2)nc(C)n1. The summed E-state index contributed by atoms with van der Waals surface area (Å²) in [6.45, 7) is 3.32. The van der Waals surface area contributed by atoms with Crippen molar-refractivity contribution in [2.45, 2.75) is 19.8 Å². The number of ether oxygens (including phenoxy) is 1. The first kappa shape index (κ1) is 19.6. The highest BCUT2D eigenvalue weighted by molar-refractivity contribution is 5.48. The quantitative estimate of drug-likeness (QED) is 0.581. The van der Waals surface area contributed by atoms with Crippen LogP contribution >= 0.6 is 0 Å². The molecular formula is C22H25FN4O. The summed E-state index contributed by atoms with van der Waals surface area (Å²) in [6, 6.07) is 16.5. The second-order valence-corrected chi connectivity index (χ2v) is 6.48. The first-order chi connectivity index (χ1) is 13.6. The van der Waals surface area contributed by atoms with Gasteiger partial charge in [0.2, 0.25) is 0 Å². The average molecular weight is 380 g/mol. The van der Waals surface area contributed by atoms with Crippen LogP contribution in [0.2, 0.25) is 0 Å². The molecule has 0 amide bonds. The van der Waals surface area contributed by atoms with Crippen LogP contribution < -0.4 is 15.4 Å². The molecule has 28 heavy (non-hydrogen) atoms. The van der Waals surface area contributed by atoms with E-state index in [0.717, 1.165) is 47.9 Å². The highest BCUT2D eigenvalue weighted by Crippen LogP contribution is 2.18. The molecule has 0 fully saturated rings. The number of nitrogens with one attached hydrogen (secondary N) is 2. The van der Waals surface area contributed by atoms with Crippen molar-refractivity contribution in [2.24, 2.45) is 0 Å². The number of aromatic nitrogens is 2. The summed E-state index contributed by atoms with van der Waals surface area (Å²) in [5.41, 5.74) is 2.23. The first-order valence-corrected chi connectivity index (χ1v) is 9.34. The van der Waals surface area contributed by atoms with Crippen LogP contribution in [-0.4, -0.2) is 30.2 Å². The molecule has 3 rings (SSSR count). The molecule has 2 N–H and O–H groups in total. The molecule has 0 unspecified atom stereocenters. The van der Waals surface area contributed by atoms with E-state index >= 15 is 0 Å². The molecule has 0 saturated carbocycles. The van der Waals surface area contributed by atoms with Crippen molar-refractivity contribution in [2.75, 3.05) is 30.8 Å². The number of benzene rings is 2. The molecule has 3 aromatic rings. The Labute approximate surface area is 165 Å². The smallest absolute Gasteiger partial charge is 0.131 e. The second kappa shape index (κ2) is 9.69. The molecule has 6 heteroatoms. The molecule has 146 valence electrons. The monoisotopic (exact) mass is 380 g/mol. The fourth-order valence-corrected chi connectivity index (χ4v) is 2.97. The van der Waals surface area contributed by atoms with Crippen molar-refractivity contribution in [3.8, 4) is 5.75 Å². The van der Waals surface area contributed by atoms with Crippen LogP contribution in [-0.2, 0) is 12.8 Å². The molecule has 0 atom stereocenters. The lowest BCUT2D eigenvalue weighted by Gasteiger charge is -2.11. The van der Waals surface area contributed by atoms with E-state index in [-0.39, 0.29) is 5.82 Å². The number of rotatable bonds is 9. The third-order valence-electron chi connectivity index (χ3n) is 4.36. The maximum absolute atomic E-state index is 13.0. The number of methoxy groups -OCH3 is 1. The minimum Gasteiger partial charge on any atom is -0.496 e. The molecular weight excluding hydrogens is 355 g/mol. The lowest BCUT2D eigenvalue weighted by atomic mass is 10.1. The fourth-order valence-electron chi connectivity index (χ4n) is 2.97. The highest BCUT2D eigenvalue weighted by atomic mass is 19.1. The Balaban J connectivity index is 1.53.